The zero-order chi connectivity index (χ0) is 12.4. The van der Waals surface area contributed by atoms with Crippen molar-refractivity contribution in [3.05, 3.63) is 0 Å². The van der Waals surface area contributed by atoms with Gasteiger partial charge in [0, 0.05) is 18.4 Å². The molecule has 0 spiro atoms. The molecule has 94 valence electrons. The number of hydrogen-bond acceptors (Lipinski definition) is 4. The molecule has 0 rings (SSSR count). The van der Waals surface area contributed by atoms with Gasteiger partial charge in [-0.2, -0.15) is 23.5 Å². The zero-order valence-corrected chi connectivity index (χ0v) is 11.3. The van der Waals surface area contributed by atoms with E-state index in [-0.39, 0.29) is 5.91 Å². The number of carbonyl (C=O) groups is 2. The van der Waals surface area contributed by atoms with E-state index in [1.807, 2.05) is 11.8 Å². The Balaban J connectivity index is 3.60. The molecular formula is C10H19NO3S2. The summed E-state index contributed by atoms with van der Waals surface area (Å²) in [7, 11) is 0. The lowest BCUT2D eigenvalue weighted by Crippen LogP contribution is -2.39. The summed E-state index contributed by atoms with van der Waals surface area (Å²) in [6, 6.07) is -0.746. The van der Waals surface area contributed by atoms with Crippen LogP contribution in [0.1, 0.15) is 20.3 Å². The van der Waals surface area contributed by atoms with E-state index in [1.165, 1.54) is 6.92 Å². The quantitative estimate of drug-likeness (QED) is 0.618. The maximum atomic E-state index is 10.8. The smallest absolute Gasteiger partial charge is 0.326 e. The van der Waals surface area contributed by atoms with Gasteiger partial charge in [0.15, 0.2) is 0 Å². The molecule has 1 amide bonds. The fourth-order valence-corrected chi connectivity index (χ4v) is 2.91. The van der Waals surface area contributed by atoms with Crippen molar-refractivity contribution in [2.24, 2.45) is 0 Å². The lowest BCUT2D eigenvalue weighted by molar-refractivity contribution is -0.141. The second-order valence-corrected chi connectivity index (χ2v) is 5.81. The number of rotatable bonds is 9. The Morgan fingerprint density at radius 2 is 1.88 bits per heavy atom. The van der Waals surface area contributed by atoms with Crippen LogP contribution in [0.15, 0.2) is 0 Å². The first-order valence-electron chi connectivity index (χ1n) is 5.23. The Kier molecular flexibility index (Phi) is 9.62. The molecule has 0 aliphatic rings. The van der Waals surface area contributed by atoms with Gasteiger partial charge in [-0.05, 0) is 17.9 Å². The first-order valence-corrected chi connectivity index (χ1v) is 7.54. The molecule has 16 heavy (non-hydrogen) atoms. The zero-order valence-electron chi connectivity index (χ0n) is 9.69. The highest BCUT2D eigenvalue weighted by atomic mass is 32.2. The standard InChI is InChI=1S/C10H19NO3S2/c1-3-15-6-7-16-5-4-9(10(13)14)11-8(2)12/h9H,3-7H2,1-2H3,(H,11,12)(H,13,14). The van der Waals surface area contributed by atoms with E-state index in [2.05, 4.69) is 12.2 Å². The van der Waals surface area contributed by atoms with Crippen molar-refractivity contribution in [3.8, 4) is 0 Å². The third-order valence-corrected chi connectivity index (χ3v) is 3.98. The van der Waals surface area contributed by atoms with Crippen LogP contribution in [0.2, 0.25) is 0 Å². The Morgan fingerprint density at radius 1 is 1.25 bits per heavy atom. The summed E-state index contributed by atoms with van der Waals surface area (Å²) in [6.07, 6.45) is 0.483. The number of amides is 1. The molecule has 0 heterocycles. The van der Waals surface area contributed by atoms with Crippen LogP contribution in [-0.4, -0.2) is 46.0 Å². The highest BCUT2D eigenvalue weighted by Crippen LogP contribution is 2.09. The topological polar surface area (TPSA) is 66.4 Å². The van der Waals surface area contributed by atoms with Gasteiger partial charge in [-0.3, -0.25) is 4.79 Å². The molecule has 0 radical (unpaired) electrons. The lowest BCUT2D eigenvalue weighted by atomic mass is 10.2. The predicted molar refractivity (Wildman–Crippen MR) is 70.2 cm³/mol. The van der Waals surface area contributed by atoms with E-state index >= 15 is 0 Å². The van der Waals surface area contributed by atoms with Crippen LogP contribution in [0.5, 0.6) is 0 Å². The van der Waals surface area contributed by atoms with Gasteiger partial charge < -0.3 is 10.4 Å². The van der Waals surface area contributed by atoms with Crippen molar-refractivity contribution >= 4 is 35.4 Å². The first kappa shape index (κ1) is 15.6. The summed E-state index contributed by atoms with van der Waals surface area (Å²) in [5.74, 6) is 2.76. The van der Waals surface area contributed by atoms with Crippen LogP contribution in [0, 0.1) is 0 Å². The van der Waals surface area contributed by atoms with Gasteiger partial charge in [-0.25, -0.2) is 4.79 Å². The van der Waals surface area contributed by atoms with Gasteiger partial charge in [-0.1, -0.05) is 6.92 Å². The normalized spacial score (nSPS) is 12.1. The number of carbonyl (C=O) groups excluding carboxylic acids is 1. The Labute approximate surface area is 105 Å². The third-order valence-electron chi connectivity index (χ3n) is 1.80. The molecular weight excluding hydrogens is 246 g/mol. The van der Waals surface area contributed by atoms with Crippen molar-refractivity contribution in [2.75, 3.05) is 23.0 Å². The van der Waals surface area contributed by atoms with E-state index < -0.39 is 12.0 Å². The molecule has 0 aliphatic heterocycles. The molecule has 4 nitrogen and oxygen atoms in total. The predicted octanol–water partition coefficient (Wildman–Crippen LogP) is 1.45. The molecule has 0 aromatic rings. The Bertz CT molecular complexity index is 224. The molecule has 0 bridgehead atoms. The van der Waals surface area contributed by atoms with Gasteiger partial charge in [0.25, 0.3) is 0 Å². The highest BCUT2D eigenvalue weighted by Gasteiger charge is 2.17. The third kappa shape index (κ3) is 8.91. The number of aliphatic carboxylic acids is 1. The summed E-state index contributed by atoms with van der Waals surface area (Å²) in [6.45, 7) is 3.45. The molecule has 1 unspecified atom stereocenters. The largest absolute Gasteiger partial charge is 0.480 e. The first-order chi connectivity index (χ1) is 7.57. The van der Waals surface area contributed by atoms with Crippen molar-refractivity contribution in [1.29, 1.82) is 0 Å². The molecule has 0 aromatic carbocycles. The Hall–Kier alpha value is -0.360. The molecule has 0 fully saturated rings. The van der Waals surface area contributed by atoms with Crippen LogP contribution >= 0.6 is 23.5 Å². The van der Waals surface area contributed by atoms with E-state index in [0.29, 0.717) is 6.42 Å². The van der Waals surface area contributed by atoms with Crippen LogP contribution in [-0.2, 0) is 9.59 Å². The fraction of sp³-hybridized carbons (Fsp3) is 0.800. The monoisotopic (exact) mass is 265 g/mol. The highest BCUT2D eigenvalue weighted by molar-refractivity contribution is 8.02. The van der Waals surface area contributed by atoms with Gasteiger partial charge in [0.05, 0.1) is 0 Å². The molecule has 1 atom stereocenters. The van der Waals surface area contributed by atoms with E-state index in [9.17, 15) is 9.59 Å². The second kappa shape index (κ2) is 9.84. The number of carboxylic acids is 1. The maximum absolute atomic E-state index is 10.8. The van der Waals surface area contributed by atoms with E-state index in [4.69, 9.17) is 5.11 Å². The molecule has 0 saturated carbocycles. The van der Waals surface area contributed by atoms with Gasteiger partial charge >= 0.3 is 5.97 Å². The summed E-state index contributed by atoms with van der Waals surface area (Å²) in [4.78, 5) is 21.5. The molecule has 0 aliphatic carbocycles. The summed E-state index contributed by atoms with van der Waals surface area (Å²) < 4.78 is 0. The maximum Gasteiger partial charge on any atom is 0.326 e. The minimum atomic E-state index is -0.960. The summed E-state index contributed by atoms with van der Waals surface area (Å²) >= 11 is 3.61. The molecule has 0 aromatic heterocycles. The van der Waals surface area contributed by atoms with Gasteiger partial charge in [-0.15, -0.1) is 0 Å². The van der Waals surface area contributed by atoms with Gasteiger partial charge in [0.1, 0.15) is 6.04 Å². The molecule has 2 N–H and O–H groups in total. The summed E-state index contributed by atoms with van der Waals surface area (Å²) in [5, 5.41) is 11.3. The van der Waals surface area contributed by atoms with Crippen LogP contribution in [0.3, 0.4) is 0 Å². The molecule has 0 saturated heterocycles. The minimum absolute atomic E-state index is 0.293. The number of nitrogens with one attached hydrogen (secondary N) is 1. The van der Waals surface area contributed by atoms with Crippen LogP contribution in [0.4, 0.5) is 0 Å². The number of hydrogen-bond donors (Lipinski definition) is 2. The Morgan fingerprint density at radius 3 is 2.38 bits per heavy atom. The fourth-order valence-electron chi connectivity index (χ4n) is 1.07. The van der Waals surface area contributed by atoms with E-state index in [1.54, 1.807) is 11.8 Å². The minimum Gasteiger partial charge on any atom is -0.480 e. The van der Waals surface area contributed by atoms with Crippen molar-refractivity contribution in [2.45, 2.75) is 26.3 Å². The van der Waals surface area contributed by atoms with Crippen molar-refractivity contribution in [1.82, 2.24) is 5.32 Å². The number of carboxylic acid groups (broad SMARTS) is 1. The van der Waals surface area contributed by atoms with Crippen LogP contribution < -0.4 is 5.32 Å². The molecule has 6 heteroatoms. The second-order valence-electron chi connectivity index (χ2n) is 3.19. The summed E-state index contributed by atoms with van der Waals surface area (Å²) in [5.41, 5.74) is 0. The van der Waals surface area contributed by atoms with Gasteiger partial charge in [0.2, 0.25) is 5.91 Å². The van der Waals surface area contributed by atoms with E-state index in [0.717, 1.165) is 23.0 Å². The van der Waals surface area contributed by atoms with Crippen LogP contribution in [0.25, 0.3) is 0 Å². The average Bonchev–Trinajstić information content (AvgIpc) is 2.20. The van der Waals surface area contributed by atoms with Crippen molar-refractivity contribution in [3.63, 3.8) is 0 Å². The van der Waals surface area contributed by atoms with Crippen molar-refractivity contribution < 1.29 is 14.7 Å². The lowest BCUT2D eigenvalue weighted by Gasteiger charge is -2.12. The SMILES string of the molecule is CCSCCSCCC(NC(C)=O)C(=O)O. The average molecular weight is 265 g/mol. The number of thioether (sulfide) groups is 2.